The maximum Gasteiger partial charge on any atom is 0.285 e. The number of amides is 2. The van der Waals surface area contributed by atoms with Crippen LogP contribution in [0.5, 0.6) is 0 Å². The Hall–Kier alpha value is -3.29. The van der Waals surface area contributed by atoms with Crippen LogP contribution in [0.15, 0.2) is 42.5 Å². The summed E-state index contributed by atoms with van der Waals surface area (Å²) in [6.07, 6.45) is 5.79. The van der Waals surface area contributed by atoms with Gasteiger partial charge in [-0.15, -0.1) is 0 Å². The van der Waals surface area contributed by atoms with E-state index >= 15 is 0 Å². The first kappa shape index (κ1) is 26.3. The minimum Gasteiger partial charge on any atom is -0.366 e. The van der Waals surface area contributed by atoms with E-state index in [4.69, 9.17) is 11.5 Å². The Morgan fingerprint density at radius 2 is 1.66 bits per heavy atom. The van der Waals surface area contributed by atoms with E-state index in [1.165, 1.54) is 5.56 Å². The van der Waals surface area contributed by atoms with Gasteiger partial charge in [-0.3, -0.25) is 19.3 Å². The predicted octanol–water partition coefficient (Wildman–Crippen LogP) is 3.03. The molecule has 1 aliphatic rings. The molecule has 35 heavy (non-hydrogen) atoms. The summed E-state index contributed by atoms with van der Waals surface area (Å²) in [7, 11) is 2.15. The number of piperazine rings is 1. The van der Waals surface area contributed by atoms with Crippen LogP contribution in [0.4, 0.5) is 0 Å². The SMILES string of the molecule is CCCCC(C(=O)C(N)=O)c1cccc(C(N)=O)c1C=Cc1ccc(CN2CCN(C)CC2)cc1. The van der Waals surface area contributed by atoms with Gasteiger partial charge in [0.25, 0.3) is 5.91 Å². The molecule has 1 heterocycles. The third-order valence-electron chi connectivity index (χ3n) is 6.61. The van der Waals surface area contributed by atoms with Gasteiger partial charge in [0.1, 0.15) is 0 Å². The lowest BCUT2D eigenvalue weighted by molar-refractivity contribution is -0.137. The maximum absolute atomic E-state index is 12.7. The van der Waals surface area contributed by atoms with Crippen molar-refractivity contribution in [2.75, 3.05) is 33.2 Å². The summed E-state index contributed by atoms with van der Waals surface area (Å²) in [6, 6.07) is 13.4. The first-order chi connectivity index (χ1) is 16.8. The molecule has 186 valence electrons. The van der Waals surface area contributed by atoms with Crippen LogP contribution in [0.1, 0.15) is 64.7 Å². The fourth-order valence-electron chi connectivity index (χ4n) is 4.47. The van der Waals surface area contributed by atoms with Gasteiger partial charge in [0.2, 0.25) is 11.7 Å². The summed E-state index contributed by atoms with van der Waals surface area (Å²) in [6.45, 7) is 7.22. The van der Waals surface area contributed by atoms with E-state index < -0.39 is 23.5 Å². The Bertz CT molecular complexity index is 1070. The van der Waals surface area contributed by atoms with Gasteiger partial charge in [-0.1, -0.05) is 68.3 Å². The topological polar surface area (TPSA) is 110 Å². The summed E-state index contributed by atoms with van der Waals surface area (Å²) in [5, 5.41) is 0. The number of ketones is 1. The van der Waals surface area contributed by atoms with E-state index in [1.54, 1.807) is 24.3 Å². The number of nitrogens with two attached hydrogens (primary N) is 2. The molecule has 2 aromatic carbocycles. The summed E-state index contributed by atoms with van der Waals surface area (Å²) in [5.41, 5.74) is 14.7. The van der Waals surface area contributed by atoms with Crippen molar-refractivity contribution in [3.05, 3.63) is 70.3 Å². The van der Waals surface area contributed by atoms with Crippen LogP contribution >= 0.6 is 0 Å². The second-order valence-electron chi connectivity index (χ2n) is 9.25. The van der Waals surface area contributed by atoms with E-state index in [0.717, 1.165) is 51.1 Å². The Labute approximate surface area is 207 Å². The van der Waals surface area contributed by atoms with Crippen molar-refractivity contribution in [2.24, 2.45) is 11.5 Å². The number of nitrogens with zero attached hydrogens (tertiary/aromatic N) is 2. The van der Waals surface area contributed by atoms with Crippen LogP contribution in [-0.4, -0.2) is 60.6 Å². The standard InChI is InChI=1S/C28H36N4O3/c1-3-4-6-24(26(33)28(30)35)22-7-5-8-25(27(29)34)23(22)14-13-20-9-11-21(12-10-20)19-32-17-15-31(2)16-18-32/h5,7-14,24H,3-4,6,15-19H2,1-2H3,(H2,29,34)(H2,30,35). The zero-order valence-corrected chi connectivity index (χ0v) is 20.7. The molecule has 0 bridgehead atoms. The molecule has 7 heteroatoms. The summed E-state index contributed by atoms with van der Waals surface area (Å²) < 4.78 is 0. The van der Waals surface area contributed by atoms with Crippen LogP contribution < -0.4 is 11.5 Å². The number of carbonyl (C=O) groups is 3. The zero-order chi connectivity index (χ0) is 25.4. The van der Waals surface area contributed by atoms with E-state index in [2.05, 4.69) is 29.0 Å². The molecule has 3 rings (SSSR count). The molecule has 2 amide bonds. The highest BCUT2D eigenvalue weighted by Gasteiger charge is 2.27. The zero-order valence-electron chi connectivity index (χ0n) is 20.7. The number of unbranched alkanes of at least 4 members (excludes halogenated alkanes) is 1. The molecule has 0 saturated carbocycles. The number of hydrogen-bond donors (Lipinski definition) is 2. The van der Waals surface area contributed by atoms with Crippen molar-refractivity contribution < 1.29 is 14.4 Å². The van der Waals surface area contributed by atoms with Crippen molar-refractivity contribution in [1.82, 2.24) is 9.80 Å². The Morgan fingerprint density at radius 3 is 2.26 bits per heavy atom. The summed E-state index contributed by atoms with van der Waals surface area (Å²) in [5.74, 6) is -2.92. The lowest BCUT2D eigenvalue weighted by Crippen LogP contribution is -2.43. The van der Waals surface area contributed by atoms with Gasteiger partial charge in [0, 0.05) is 38.3 Å². The molecule has 1 atom stereocenters. The Balaban J connectivity index is 1.86. The van der Waals surface area contributed by atoms with E-state index in [9.17, 15) is 14.4 Å². The number of carbonyl (C=O) groups excluding carboxylic acids is 3. The molecular formula is C28H36N4O3. The number of rotatable bonds is 11. The quantitative estimate of drug-likeness (QED) is 0.383. The smallest absolute Gasteiger partial charge is 0.285 e. The number of likely N-dealkylation sites (N-methyl/N-ethyl adjacent to an activating group) is 1. The molecule has 0 aromatic heterocycles. The van der Waals surface area contributed by atoms with Crippen LogP contribution in [0.3, 0.4) is 0 Å². The molecule has 0 radical (unpaired) electrons. The van der Waals surface area contributed by atoms with Gasteiger partial charge < -0.3 is 16.4 Å². The van der Waals surface area contributed by atoms with Crippen LogP contribution in [0, 0.1) is 0 Å². The summed E-state index contributed by atoms with van der Waals surface area (Å²) >= 11 is 0. The van der Waals surface area contributed by atoms with E-state index in [-0.39, 0.29) is 0 Å². The number of hydrogen-bond acceptors (Lipinski definition) is 5. The van der Waals surface area contributed by atoms with Crippen LogP contribution in [-0.2, 0) is 16.1 Å². The summed E-state index contributed by atoms with van der Waals surface area (Å²) in [4.78, 5) is 41.4. The normalized spacial score (nSPS) is 15.8. The largest absolute Gasteiger partial charge is 0.366 e. The van der Waals surface area contributed by atoms with E-state index in [0.29, 0.717) is 23.1 Å². The average Bonchev–Trinajstić information content (AvgIpc) is 2.85. The highest BCUT2D eigenvalue weighted by molar-refractivity contribution is 6.37. The Kier molecular flexibility index (Phi) is 9.34. The van der Waals surface area contributed by atoms with Gasteiger partial charge in [0.05, 0.1) is 5.92 Å². The minimum absolute atomic E-state index is 0.309. The molecule has 1 saturated heterocycles. The van der Waals surface area contributed by atoms with Crippen LogP contribution in [0.25, 0.3) is 12.2 Å². The minimum atomic E-state index is -0.971. The van der Waals surface area contributed by atoms with Gasteiger partial charge in [-0.25, -0.2) is 0 Å². The molecule has 1 aliphatic heterocycles. The van der Waals surface area contributed by atoms with Crippen molar-refractivity contribution in [2.45, 2.75) is 38.6 Å². The molecule has 1 unspecified atom stereocenters. The lowest BCUT2D eigenvalue weighted by Gasteiger charge is -2.32. The molecule has 0 aliphatic carbocycles. The van der Waals surface area contributed by atoms with Crippen LogP contribution in [0.2, 0.25) is 0 Å². The highest BCUT2D eigenvalue weighted by atomic mass is 16.2. The monoisotopic (exact) mass is 476 g/mol. The highest BCUT2D eigenvalue weighted by Crippen LogP contribution is 2.30. The van der Waals surface area contributed by atoms with Gasteiger partial charge in [0.15, 0.2) is 0 Å². The average molecular weight is 477 g/mol. The first-order valence-corrected chi connectivity index (χ1v) is 12.2. The molecule has 1 fully saturated rings. The maximum atomic E-state index is 12.7. The molecule has 2 aromatic rings. The number of benzene rings is 2. The number of primary amides is 2. The van der Waals surface area contributed by atoms with Crippen molar-refractivity contribution in [1.29, 1.82) is 0 Å². The van der Waals surface area contributed by atoms with Gasteiger partial charge in [-0.2, -0.15) is 0 Å². The van der Waals surface area contributed by atoms with E-state index in [1.807, 2.05) is 25.1 Å². The third kappa shape index (κ3) is 7.10. The fourth-order valence-corrected chi connectivity index (χ4v) is 4.47. The van der Waals surface area contributed by atoms with Crippen molar-refractivity contribution >= 4 is 29.7 Å². The Morgan fingerprint density at radius 1 is 0.971 bits per heavy atom. The molecule has 0 spiro atoms. The molecular weight excluding hydrogens is 440 g/mol. The number of Topliss-reactive ketones (excluding diaryl/α,β-unsaturated/α-hetero) is 1. The predicted molar refractivity (Wildman–Crippen MR) is 140 cm³/mol. The van der Waals surface area contributed by atoms with Crippen molar-refractivity contribution in [3.8, 4) is 0 Å². The first-order valence-electron chi connectivity index (χ1n) is 12.2. The van der Waals surface area contributed by atoms with Gasteiger partial charge >= 0.3 is 0 Å². The van der Waals surface area contributed by atoms with Crippen molar-refractivity contribution in [3.63, 3.8) is 0 Å². The second-order valence-corrected chi connectivity index (χ2v) is 9.25. The third-order valence-corrected chi connectivity index (χ3v) is 6.61. The second kappa shape index (κ2) is 12.4. The molecule has 7 nitrogen and oxygen atoms in total. The van der Waals surface area contributed by atoms with Gasteiger partial charge in [-0.05, 0) is 41.8 Å². The molecule has 4 N–H and O–H groups in total. The fraction of sp³-hybridized carbons (Fsp3) is 0.393. The lowest BCUT2D eigenvalue weighted by atomic mass is 9.84.